The zero-order chi connectivity index (χ0) is 23.9. The third kappa shape index (κ3) is 3.95. The summed E-state index contributed by atoms with van der Waals surface area (Å²) in [5.41, 5.74) is -0.0769. The number of aromatic hydroxyl groups is 1. The molecule has 3 aromatic rings. The van der Waals surface area contributed by atoms with Crippen LogP contribution in [0.3, 0.4) is 0 Å². The molecule has 9 heteroatoms. The van der Waals surface area contributed by atoms with Crippen LogP contribution in [-0.2, 0) is 9.59 Å². The van der Waals surface area contributed by atoms with Gasteiger partial charge in [0, 0.05) is 11.6 Å². The molecule has 0 radical (unpaired) electrons. The van der Waals surface area contributed by atoms with Crippen molar-refractivity contribution in [1.29, 1.82) is 0 Å². The van der Waals surface area contributed by atoms with Gasteiger partial charge in [0.25, 0.3) is 11.7 Å². The number of nitrogens with zero attached hydrogens (tertiary/aromatic N) is 1. The quantitative estimate of drug-likeness (QED) is 0.288. The largest absolute Gasteiger partial charge is 0.508 e. The topological polar surface area (TPSA) is 87.1 Å². The number of amides is 1. The number of benzene rings is 3. The molecule has 0 aromatic heterocycles. The molecule has 3 aromatic carbocycles. The van der Waals surface area contributed by atoms with Crippen molar-refractivity contribution in [1.82, 2.24) is 0 Å². The number of anilines is 1. The number of methoxy groups -OCH3 is 1. The number of rotatable bonds is 4. The Kier molecular flexibility index (Phi) is 5.90. The average molecular weight is 516 g/mol. The number of ether oxygens (including phenoxy) is 1. The van der Waals surface area contributed by atoms with Gasteiger partial charge in [-0.05, 0) is 64.0 Å². The summed E-state index contributed by atoms with van der Waals surface area (Å²) in [6, 6.07) is 11.5. The number of carbonyl (C=O) groups is 2. The maximum absolute atomic E-state index is 14.7. The number of ketones is 1. The lowest BCUT2D eigenvalue weighted by atomic mass is 9.95. The van der Waals surface area contributed by atoms with Crippen LogP contribution in [0.1, 0.15) is 17.2 Å². The van der Waals surface area contributed by atoms with Crippen molar-refractivity contribution < 1.29 is 33.3 Å². The zero-order valence-corrected chi connectivity index (χ0v) is 18.6. The highest BCUT2D eigenvalue weighted by molar-refractivity contribution is 9.10. The van der Waals surface area contributed by atoms with Gasteiger partial charge in [-0.2, -0.15) is 0 Å². The van der Waals surface area contributed by atoms with Crippen LogP contribution in [0, 0.1) is 11.6 Å². The van der Waals surface area contributed by atoms with Gasteiger partial charge in [0.15, 0.2) is 0 Å². The van der Waals surface area contributed by atoms with Crippen molar-refractivity contribution in [3.8, 4) is 11.5 Å². The van der Waals surface area contributed by atoms with Crippen molar-refractivity contribution >= 4 is 39.1 Å². The van der Waals surface area contributed by atoms with Crippen molar-refractivity contribution in [3.05, 3.63) is 93.5 Å². The second-order valence-electron chi connectivity index (χ2n) is 7.21. The first kappa shape index (κ1) is 22.5. The Bertz CT molecular complexity index is 1310. The molecule has 4 rings (SSSR count). The average Bonchev–Trinajstić information content (AvgIpc) is 3.04. The predicted octanol–water partition coefficient (Wildman–Crippen LogP) is 5.07. The minimum Gasteiger partial charge on any atom is -0.508 e. The van der Waals surface area contributed by atoms with E-state index in [1.807, 2.05) is 0 Å². The van der Waals surface area contributed by atoms with E-state index in [0.29, 0.717) is 21.9 Å². The second-order valence-corrected chi connectivity index (χ2v) is 8.06. The van der Waals surface area contributed by atoms with Gasteiger partial charge in [-0.15, -0.1) is 0 Å². The van der Waals surface area contributed by atoms with E-state index in [1.165, 1.54) is 43.5 Å². The number of hydrogen-bond acceptors (Lipinski definition) is 5. The Morgan fingerprint density at radius 3 is 2.33 bits per heavy atom. The molecule has 0 bridgehead atoms. The lowest BCUT2D eigenvalue weighted by Crippen LogP contribution is -2.30. The molecular formula is C24H16BrF2NO5. The van der Waals surface area contributed by atoms with Crippen molar-refractivity contribution in [2.45, 2.75) is 6.04 Å². The van der Waals surface area contributed by atoms with Crippen molar-refractivity contribution in [2.75, 3.05) is 12.0 Å². The van der Waals surface area contributed by atoms with Gasteiger partial charge in [0.2, 0.25) is 0 Å². The standard InChI is InChI=1S/C24H16BrF2NO5/c1-33-19-9-4-13(10-16(19)25)22(30)20-21(12-2-6-15(29)7-3-12)28(24(32)23(20)31)18-8-5-14(26)11-17(18)27/h2-11,21,29-30H,1H3/b22-20+. The van der Waals surface area contributed by atoms with Crippen LogP contribution in [0.25, 0.3) is 5.76 Å². The normalized spacial score (nSPS) is 17.5. The fourth-order valence-electron chi connectivity index (χ4n) is 3.70. The molecule has 6 nitrogen and oxygen atoms in total. The molecule has 1 saturated heterocycles. The van der Waals surface area contributed by atoms with Crippen LogP contribution in [0.2, 0.25) is 0 Å². The molecule has 168 valence electrons. The van der Waals surface area contributed by atoms with E-state index in [1.54, 1.807) is 6.07 Å². The molecule has 1 amide bonds. The summed E-state index contributed by atoms with van der Waals surface area (Å²) in [5.74, 6) is -4.10. The summed E-state index contributed by atoms with van der Waals surface area (Å²) in [4.78, 5) is 26.9. The van der Waals surface area contributed by atoms with Crippen LogP contribution in [-0.4, -0.2) is 29.0 Å². The highest BCUT2D eigenvalue weighted by Crippen LogP contribution is 2.43. The maximum Gasteiger partial charge on any atom is 0.300 e. The summed E-state index contributed by atoms with van der Waals surface area (Å²) in [7, 11) is 1.47. The Morgan fingerprint density at radius 1 is 1.03 bits per heavy atom. The van der Waals surface area contributed by atoms with Gasteiger partial charge >= 0.3 is 0 Å². The predicted molar refractivity (Wildman–Crippen MR) is 120 cm³/mol. The minimum atomic E-state index is -1.23. The molecule has 0 spiro atoms. The highest BCUT2D eigenvalue weighted by Gasteiger charge is 2.47. The number of phenolic OH excluding ortho intramolecular Hbond substituents is 1. The van der Waals surface area contributed by atoms with Gasteiger partial charge in [0.1, 0.15) is 28.9 Å². The molecule has 1 aliphatic heterocycles. The van der Waals surface area contributed by atoms with Crippen molar-refractivity contribution in [2.24, 2.45) is 0 Å². The molecule has 1 fully saturated rings. The monoisotopic (exact) mass is 515 g/mol. The maximum atomic E-state index is 14.7. The van der Waals surface area contributed by atoms with E-state index in [0.717, 1.165) is 17.0 Å². The number of halogens is 3. The molecular weight excluding hydrogens is 500 g/mol. The zero-order valence-electron chi connectivity index (χ0n) is 17.1. The van der Waals surface area contributed by atoms with E-state index >= 15 is 0 Å². The molecule has 1 unspecified atom stereocenters. The van der Waals surface area contributed by atoms with Crippen LogP contribution in [0.5, 0.6) is 11.5 Å². The number of carbonyl (C=O) groups excluding carboxylic acids is 2. The molecule has 0 saturated carbocycles. The van der Waals surface area contributed by atoms with E-state index in [9.17, 15) is 28.6 Å². The molecule has 1 aliphatic rings. The van der Waals surface area contributed by atoms with Gasteiger partial charge in [0.05, 0.1) is 28.9 Å². The summed E-state index contributed by atoms with van der Waals surface area (Å²) in [6.45, 7) is 0. The first-order chi connectivity index (χ1) is 15.7. The first-order valence-corrected chi connectivity index (χ1v) is 10.4. The van der Waals surface area contributed by atoms with E-state index in [2.05, 4.69) is 15.9 Å². The summed E-state index contributed by atoms with van der Waals surface area (Å²) in [5, 5.41) is 20.7. The number of hydrogen-bond donors (Lipinski definition) is 2. The van der Waals surface area contributed by atoms with Crippen LogP contribution in [0.4, 0.5) is 14.5 Å². The molecule has 1 atom stereocenters. The van der Waals surface area contributed by atoms with Crippen molar-refractivity contribution in [3.63, 3.8) is 0 Å². The van der Waals surface area contributed by atoms with Crippen LogP contribution in [0.15, 0.2) is 70.7 Å². The SMILES string of the molecule is COc1ccc(/C(O)=C2\C(=O)C(=O)N(c3ccc(F)cc3F)C2c2ccc(O)cc2)cc1Br. The summed E-state index contributed by atoms with van der Waals surface area (Å²) < 4.78 is 33.8. The van der Waals surface area contributed by atoms with Crippen LogP contribution < -0.4 is 9.64 Å². The molecule has 0 aliphatic carbocycles. The Balaban J connectivity index is 1.96. The first-order valence-electron chi connectivity index (χ1n) is 9.61. The molecule has 2 N–H and O–H groups in total. The fraction of sp³-hybridized carbons (Fsp3) is 0.0833. The van der Waals surface area contributed by atoms with E-state index < -0.39 is 35.1 Å². The number of aliphatic hydroxyl groups excluding tert-OH is 1. The minimum absolute atomic E-state index is 0.0669. The third-order valence-electron chi connectivity index (χ3n) is 5.25. The van der Waals surface area contributed by atoms with Gasteiger partial charge in [-0.1, -0.05) is 12.1 Å². The number of Topliss-reactive ketones (excluding diaryl/α,β-unsaturated/α-hetero) is 1. The van der Waals surface area contributed by atoms with Gasteiger partial charge < -0.3 is 14.9 Å². The summed E-state index contributed by atoms with van der Waals surface area (Å²) in [6.07, 6.45) is 0. The fourth-order valence-corrected chi connectivity index (χ4v) is 4.24. The lowest BCUT2D eigenvalue weighted by molar-refractivity contribution is -0.132. The lowest BCUT2D eigenvalue weighted by Gasteiger charge is -2.25. The second kappa shape index (κ2) is 8.67. The molecule has 1 heterocycles. The smallest absolute Gasteiger partial charge is 0.300 e. The Hall–Kier alpha value is -3.72. The van der Waals surface area contributed by atoms with E-state index in [-0.39, 0.29) is 22.6 Å². The van der Waals surface area contributed by atoms with E-state index in [4.69, 9.17) is 4.74 Å². The highest BCUT2D eigenvalue weighted by atomic mass is 79.9. The number of phenols is 1. The third-order valence-corrected chi connectivity index (χ3v) is 5.87. The summed E-state index contributed by atoms with van der Waals surface area (Å²) >= 11 is 3.31. The Labute approximate surface area is 195 Å². The molecule has 33 heavy (non-hydrogen) atoms. The van der Waals surface area contributed by atoms with Gasteiger partial charge in [-0.25, -0.2) is 8.78 Å². The Morgan fingerprint density at radius 2 is 1.73 bits per heavy atom. The number of aliphatic hydroxyl groups is 1. The van der Waals surface area contributed by atoms with Crippen LogP contribution >= 0.6 is 15.9 Å². The van der Waals surface area contributed by atoms with Gasteiger partial charge in [-0.3, -0.25) is 14.5 Å².